The van der Waals surface area contributed by atoms with E-state index in [4.69, 9.17) is 4.74 Å². The van der Waals surface area contributed by atoms with Gasteiger partial charge in [-0.3, -0.25) is 4.79 Å². The van der Waals surface area contributed by atoms with Gasteiger partial charge in [-0.05, 0) is 51.7 Å². The number of nitrogens with zero attached hydrogens (tertiary/aromatic N) is 2. The largest absolute Gasteiger partial charge is 0.444 e. The number of rotatable bonds is 1. The molecule has 0 aromatic heterocycles. The summed E-state index contributed by atoms with van der Waals surface area (Å²) >= 11 is 0. The van der Waals surface area contributed by atoms with E-state index in [2.05, 4.69) is 6.07 Å². The van der Waals surface area contributed by atoms with Crippen LogP contribution in [0.1, 0.15) is 39.2 Å². The molecule has 1 fully saturated rings. The van der Waals surface area contributed by atoms with Gasteiger partial charge in [0, 0.05) is 25.3 Å². The fraction of sp³-hybridized carbons (Fsp3) is 0.579. The van der Waals surface area contributed by atoms with Crippen LogP contribution in [0.15, 0.2) is 24.3 Å². The number of anilines is 1. The first kappa shape index (κ1) is 16.8. The van der Waals surface area contributed by atoms with Crippen LogP contribution in [0.25, 0.3) is 0 Å². The van der Waals surface area contributed by atoms with Crippen molar-refractivity contribution in [1.82, 2.24) is 4.90 Å². The maximum absolute atomic E-state index is 12.9. The molecule has 0 saturated carbocycles. The van der Waals surface area contributed by atoms with E-state index in [9.17, 15) is 9.59 Å². The molecule has 24 heavy (non-hydrogen) atoms. The molecule has 1 unspecified atom stereocenters. The molecule has 130 valence electrons. The van der Waals surface area contributed by atoms with E-state index >= 15 is 0 Å². The smallest absolute Gasteiger partial charge is 0.410 e. The van der Waals surface area contributed by atoms with Crippen LogP contribution in [-0.2, 0) is 16.0 Å². The van der Waals surface area contributed by atoms with Gasteiger partial charge < -0.3 is 14.5 Å². The Labute approximate surface area is 143 Å². The maximum Gasteiger partial charge on any atom is 0.410 e. The van der Waals surface area contributed by atoms with Crippen LogP contribution in [-0.4, -0.2) is 42.1 Å². The normalized spacial score (nSPS) is 24.1. The maximum atomic E-state index is 12.9. The molecule has 2 amide bonds. The Balaban J connectivity index is 1.83. The molecule has 0 spiro atoms. The van der Waals surface area contributed by atoms with Crippen LogP contribution in [0.4, 0.5) is 10.5 Å². The predicted molar refractivity (Wildman–Crippen MR) is 93.0 cm³/mol. The number of carbonyl (C=O) groups excluding carboxylic acids is 2. The van der Waals surface area contributed by atoms with Crippen LogP contribution >= 0.6 is 0 Å². The first-order valence-corrected chi connectivity index (χ1v) is 8.63. The lowest BCUT2D eigenvalue weighted by atomic mass is 9.85. The molecule has 1 saturated heterocycles. The second-order valence-electron chi connectivity index (χ2n) is 7.72. The molecule has 5 heteroatoms. The zero-order valence-corrected chi connectivity index (χ0v) is 14.9. The molecule has 3 rings (SSSR count). The number of fused-ring (bicyclic) bond motifs is 1. The number of ether oxygens (including phenoxy) is 1. The molecule has 0 N–H and O–H groups in total. The molecule has 0 bridgehead atoms. The number of hydrogen-bond donors (Lipinski definition) is 0. The average Bonchev–Trinajstić information content (AvgIpc) is 2.98. The molecule has 1 aromatic rings. The minimum atomic E-state index is -0.524. The van der Waals surface area contributed by atoms with Gasteiger partial charge in [-0.2, -0.15) is 0 Å². The van der Waals surface area contributed by atoms with Crippen LogP contribution < -0.4 is 4.90 Å². The molecule has 1 aromatic carbocycles. The molecule has 2 atom stereocenters. The van der Waals surface area contributed by atoms with Crippen LogP contribution in [0, 0.1) is 5.92 Å². The lowest BCUT2D eigenvalue weighted by molar-refractivity contribution is -0.124. The fourth-order valence-corrected chi connectivity index (χ4v) is 3.76. The molecule has 2 aliphatic rings. The Morgan fingerprint density at radius 3 is 2.67 bits per heavy atom. The van der Waals surface area contributed by atoms with Gasteiger partial charge in [0.2, 0.25) is 5.91 Å². The summed E-state index contributed by atoms with van der Waals surface area (Å²) in [5.74, 6) is -0.103. The topological polar surface area (TPSA) is 49.9 Å². The monoisotopic (exact) mass is 330 g/mol. The van der Waals surface area contributed by atoms with Crippen molar-refractivity contribution < 1.29 is 14.3 Å². The number of benzene rings is 1. The van der Waals surface area contributed by atoms with E-state index in [1.807, 2.05) is 46.0 Å². The molecule has 2 aliphatic heterocycles. The standard InChI is InChI=1S/C19H26N2O3/c1-19(2,3)24-18(23)21-11-7-10-16(21)14-12-13-8-5-6-9-15(13)20(4)17(14)22/h5-6,8-9,14,16H,7,10-12H2,1-4H3/t14?,16-/m0/s1. The number of carbonyl (C=O) groups is 2. The van der Waals surface area contributed by atoms with Crippen molar-refractivity contribution in [3.8, 4) is 0 Å². The summed E-state index contributed by atoms with van der Waals surface area (Å²) in [7, 11) is 1.82. The summed E-state index contributed by atoms with van der Waals surface area (Å²) in [6.07, 6.45) is 2.15. The van der Waals surface area contributed by atoms with E-state index < -0.39 is 5.60 Å². The van der Waals surface area contributed by atoms with Gasteiger partial charge in [-0.15, -0.1) is 0 Å². The van der Waals surface area contributed by atoms with E-state index in [1.54, 1.807) is 9.80 Å². The van der Waals surface area contributed by atoms with Gasteiger partial charge in [0.15, 0.2) is 0 Å². The van der Waals surface area contributed by atoms with Crippen molar-refractivity contribution in [1.29, 1.82) is 0 Å². The van der Waals surface area contributed by atoms with E-state index in [-0.39, 0.29) is 24.0 Å². The second kappa shape index (κ2) is 6.11. The highest BCUT2D eigenvalue weighted by molar-refractivity contribution is 5.98. The third-order valence-electron chi connectivity index (χ3n) is 4.83. The zero-order chi connectivity index (χ0) is 17.5. The lowest BCUT2D eigenvalue weighted by Gasteiger charge is -2.38. The lowest BCUT2D eigenvalue weighted by Crippen LogP contribution is -2.50. The third-order valence-corrected chi connectivity index (χ3v) is 4.83. The predicted octanol–water partition coefficient (Wildman–Crippen LogP) is 3.22. The van der Waals surface area contributed by atoms with Gasteiger partial charge in [-0.1, -0.05) is 18.2 Å². The summed E-state index contributed by atoms with van der Waals surface area (Å²) in [5.41, 5.74) is 1.62. The van der Waals surface area contributed by atoms with Gasteiger partial charge >= 0.3 is 6.09 Å². The molecular weight excluding hydrogens is 304 g/mol. The zero-order valence-electron chi connectivity index (χ0n) is 14.9. The Bertz CT molecular complexity index is 650. The van der Waals surface area contributed by atoms with Crippen molar-refractivity contribution in [3.05, 3.63) is 29.8 Å². The number of likely N-dealkylation sites (tertiary alicyclic amines) is 1. The van der Waals surface area contributed by atoms with E-state index in [0.29, 0.717) is 13.0 Å². The summed E-state index contributed by atoms with van der Waals surface area (Å²) in [4.78, 5) is 28.9. The Hall–Kier alpha value is -2.04. The van der Waals surface area contributed by atoms with Gasteiger partial charge in [0.1, 0.15) is 5.60 Å². The first-order valence-electron chi connectivity index (χ1n) is 8.63. The summed E-state index contributed by atoms with van der Waals surface area (Å²) < 4.78 is 5.54. The van der Waals surface area contributed by atoms with E-state index in [1.165, 1.54) is 5.56 Å². The number of amides is 2. The minimum Gasteiger partial charge on any atom is -0.444 e. The molecule has 2 heterocycles. The molecule has 0 radical (unpaired) electrons. The first-order chi connectivity index (χ1) is 11.3. The van der Waals surface area contributed by atoms with Gasteiger partial charge in [0.05, 0.1) is 5.92 Å². The Kier molecular flexibility index (Phi) is 4.28. The highest BCUT2D eigenvalue weighted by Gasteiger charge is 2.43. The Morgan fingerprint density at radius 1 is 1.25 bits per heavy atom. The Morgan fingerprint density at radius 2 is 1.96 bits per heavy atom. The van der Waals surface area contributed by atoms with E-state index in [0.717, 1.165) is 18.5 Å². The van der Waals surface area contributed by atoms with Crippen LogP contribution in [0.2, 0.25) is 0 Å². The van der Waals surface area contributed by atoms with Crippen molar-refractivity contribution in [2.24, 2.45) is 5.92 Å². The van der Waals surface area contributed by atoms with Crippen LogP contribution in [0.5, 0.6) is 0 Å². The average molecular weight is 330 g/mol. The SMILES string of the molecule is CN1C(=O)C([C@@H]2CCCN2C(=O)OC(C)(C)C)Cc2ccccc21. The van der Waals surface area contributed by atoms with Crippen LogP contribution in [0.3, 0.4) is 0 Å². The quantitative estimate of drug-likeness (QED) is 0.794. The van der Waals surface area contributed by atoms with Crippen molar-refractivity contribution >= 4 is 17.7 Å². The highest BCUT2D eigenvalue weighted by atomic mass is 16.6. The van der Waals surface area contributed by atoms with Gasteiger partial charge in [-0.25, -0.2) is 4.79 Å². The second-order valence-corrected chi connectivity index (χ2v) is 7.72. The third kappa shape index (κ3) is 3.12. The van der Waals surface area contributed by atoms with Gasteiger partial charge in [0.25, 0.3) is 0 Å². The molecule has 5 nitrogen and oxygen atoms in total. The van der Waals surface area contributed by atoms with Crippen molar-refractivity contribution in [2.45, 2.75) is 51.7 Å². The fourth-order valence-electron chi connectivity index (χ4n) is 3.76. The number of para-hydroxylation sites is 1. The summed E-state index contributed by atoms with van der Waals surface area (Å²) in [5, 5.41) is 0. The van der Waals surface area contributed by atoms with Crippen molar-refractivity contribution in [3.63, 3.8) is 0 Å². The molecule has 0 aliphatic carbocycles. The summed E-state index contributed by atoms with van der Waals surface area (Å²) in [6, 6.07) is 7.91. The molecular formula is C19H26N2O3. The minimum absolute atomic E-state index is 0.0804. The number of hydrogen-bond acceptors (Lipinski definition) is 3. The van der Waals surface area contributed by atoms with Crippen molar-refractivity contribution in [2.75, 3.05) is 18.5 Å². The highest BCUT2D eigenvalue weighted by Crippen LogP contribution is 2.36. The summed E-state index contributed by atoms with van der Waals surface area (Å²) in [6.45, 7) is 6.26.